The van der Waals surface area contributed by atoms with Crippen LogP contribution >= 0.6 is 0 Å². The van der Waals surface area contributed by atoms with Gasteiger partial charge in [0.05, 0.1) is 0 Å². The quantitative estimate of drug-likeness (QED) is 0.404. The van der Waals surface area contributed by atoms with Gasteiger partial charge < -0.3 is 0 Å². The maximum Gasteiger partial charge on any atom is -0.00358 e. The number of fused-ring (bicyclic) bond motifs is 2. The molecule has 0 heteroatoms. The van der Waals surface area contributed by atoms with E-state index in [2.05, 4.69) is 56.5 Å². The minimum atomic E-state index is 1.09. The third-order valence-corrected chi connectivity index (χ3v) is 4.78. The third kappa shape index (κ3) is 4.00. The summed E-state index contributed by atoms with van der Waals surface area (Å²) < 4.78 is 0. The van der Waals surface area contributed by atoms with Crippen LogP contribution in [0.2, 0.25) is 0 Å². The third-order valence-electron chi connectivity index (χ3n) is 4.78. The molecule has 1 aliphatic rings. The average molecular weight is 361 g/mol. The van der Waals surface area contributed by atoms with Crippen molar-refractivity contribution < 1.29 is 0 Å². The van der Waals surface area contributed by atoms with Gasteiger partial charge in [-0.05, 0) is 68.4 Å². The molecule has 0 bridgehead atoms. The molecule has 0 aliphatic heterocycles. The van der Waals surface area contributed by atoms with Gasteiger partial charge in [0.15, 0.2) is 0 Å². The molecule has 3 aromatic rings. The molecule has 0 heterocycles. The van der Waals surface area contributed by atoms with E-state index in [1.807, 2.05) is 47.6 Å². The van der Waals surface area contributed by atoms with Crippen LogP contribution in [-0.2, 0) is 6.42 Å². The molecule has 0 aromatic heterocycles. The molecule has 0 radical (unpaired) electrons. The Bertz CT molecular complexity index is 1020. The van der Waals surface area contributed by atoms with E-state index in [1.165, 1.54) is 48.7 Å². The molecule has 1 aliphatic carbocycles. The van der Waals surface area contributed by atoms with Crippen molar-refractivity contribution in [1.29, 1.82) is 0 Å². The first-order chi connectivity index (χ1) is 13.2. The Balaban J connectivity index is 0.000000556. The minimum absolute atomic E-state index is 1.09. The van der Waals surface area contributed by atoms with Crippen LogP contribution in [0.15, 0.2) is 36.9 Å². The first kappa shape index (κ1) is 22.7. The maximum absolute atomic E-state index is 4.42. The van der Waals surface area contributed by atoms with Crippen molar-refractivity contribution in [2.24, 2.45) is 0 Å². The highest BCUT2D eigenvalue weighted by Gasteiger charge is 2.14. The Morgan fingerprint density at radius 3 is 2.11 bits per heavy atom. The number of hydrogen-bond donors (Lipinski definition) is 0. The summed E-state index contributed by atoms with van der Waals surface area (Å²) in [5.41, 5.74) is 3.97. The van der Waals surface area contributed by atoms with Crippen molar-refractivity contribution in [2.45, 2.75) is 61.3 Å². The van der Waals surface area contributed by atoms with Crippen LogP contribution in [0.1, 0.15) is 64.7 Å². The van der Waals surface area contributed by atoms with E-state index in [9.17, 15) is 0 Å². The van der Waals surface area contributed by atoms with Crippen LogP contribution in [0.5, 0.6) is 0 Å². The SMILES string of the molecule is C=Cc1cccc2c1c(=C)c1c3c(c(C)ccc32)=CCC1.CC.CC.CC. The van der Waals surface area contributed by atoms with Gasteiger partial charge in [-0.2, -0.15) is 0 Å². The summed E-state index contributed by atoms with van der Waals surface area (Å²) in [7, 11) is 0. The molecule has 0 amide bonds. The highest BCUT2D eigenvalue weighted by Crippen LogP contribution is 2.28. The van der Waals surface area contributed by atoms with E-state index in [4.69, 9.17) is 0 Å². The molecule has 0 saturated carbocycles. The summed E-state index contributed by atoms with van der Waals surface area (Å²) in [6.07, 6.45) is 6.53. The van der Waals surface area contributed by atoms with E-state index in [-0.39, 0.29) is 0 Å². The van der Waals surface area contributed by atoms with Crippen molar-refractivity contribution in [3.8, 4) is 0 Å². The minimum Gasteiger partial charge on any atom is -0.0984 e. The predicted molar refractivity (Wildman–Crippen MR) is 128 cm³/mol. The molecular formula is C27H36. The predicted octanol–water partition coefficient (Wildman–Crippen LogP) is 7.16. The van der Waals surface area contributed by atoms with E-state index in [0.29, 0.717) is 0 Å². The highest BCUT2D eigenvalue weighted by molar-refractivity contribution is 6.12. The Labute approximate surface area is 165 Å². The number of hydrogen-bond acceptors (Lipinski definition) is 0. The van der Waals surface area contributed by atoms with Gasteiger partial charge in [-0.25, -0.2) is 0 Å². The normalized spacial score (nSPS) is 11.1. The van der Waals surface area contributed by atoms with E-state index in [0.717, 1.165) is 12.8 Å². The Kier molecular flexibility index (Phi) is 9.02. The lowest BCUT2D eigenvalue weighted by Gasteiger charge is -2.18. The zero-order valence-electron chi connectivity index (χ0n) is 18.4. The van der Waals surface area contributed by atoms with Crippen molar-refractivity contribution in [2.75, 3.05) is 0 Å². The Hall–Kier alpha value is -2.34. The van der Waals surface area contributed by atoms with E-state index >= 15 is 0 Å². The lowest BCUT2D eigenvalue weighted by atomic mass is 9.86. The standard InChI is InChI=1S/C21H18.3C2H6/c1-4-15-7-5-10-18-19-12-11-13(2)16-8-6-9-17(21(16)19)14(3)20(15)18;3*1-2/h4-5,7-8,10-12H,1,3,6,9H2,2H3;3*1-2H3. The summed E-state index contributed by atoms with van der Waals surface area (Å²) >= 11 is 0. The second kappa shape index (κ2) is 10.7. The zero-order valence-corrected chi connectivity index (χ0v) is 18.4. The van der Waals surface area contributed by atoms with E-state index in [1.54, 1.807) is 0 Å². The molecule has 0 N–H and O–H groups in total. The van der Waals surface area contributed by atoms with Crippen molar-refractivity contribution >= 4 is 40.3 Å². The van der Waals surface area contributed by atoms with Crippen LogP contribution in [0, 0.1) is 6.92 Å². The van der Waals surface area contributed by atoms with Gasteiger partial charge in [0.25, 0.3) is 0 Å². The number of aryl methyl sites for hydroxylation is 2. The molecule has 0 nitrogen and oxygen atoms in total. The Morgan fingerprint density at radius 1 is 0.852 bits per heavy atom. The molecular weight excluding hydrogens is 324 g/mol. The molecule has 0 spiro atoms. The topological polar surface area (TPSA) is 0 Å². The van der Waals surface area contributed by atoms with Crippen LogP contribution in [-0.4, -0.2) is 0 Å². The summed E-state index contributed by atoms with van der Waals surface area (Å²) in [6, 6.07) is 11.0. The molecule has 4 rings (SSSR count). The Morgan fingerprint density at radius 2 is 1.48 bits per heavy atom. The molecule has 0 fully saturated rings. The van der Waals surface area contributed by atoms with Crippen molar-refractivity contribution in [3.63, 3.8) is 0 Å². The fourth-order valence-electron chi connectivity index (χ4n) is 3.78. The van der Waals surface area contributed by atoms with Crippen molar-refractivity contribution in [3.05, 3.63) is 64.0 Å². The number of rotatable bonds is 1. The summed E-state index contributed by atoms with van der Waals surface area (Å²) in [5.74, 6) is 0. The van der Waals surface area contributed by atoms with Gasteiger partial charge in [0, 0.05) is 0 Å². The van der Waals surface area contributed by atoms with Crippen molar-refractivity contribution in [1.82, 2.24) is 0 Å². The van der Waals surface area contributed by atoms with E-state index < -0.39 is 0 Å². The first-order valence-corrected chi connectivity index (χ1v) is 10.5. The second-order valence-corrected chi connectivity index (χ2v) is 5.89. The molecule has 0 atom stereocenters. The molecule has 144 valence electrons. The van der Waals surface area contributed by atoms with Gasteiger partial charge in [0.2, 0.25) is 0 Å². The number of benzene rings is 3. The molecule has 0 saturated heterocycles. The second-order valence-electron chi connectivity index (χ2n) is 5.89. The lowest BCUT2D eigenvalue weighted by Crippen LogP contribution is -2.21. The average Bonchev–Trinajstić information content (AvgIpc) is 2.76. The van der Waals surface area contributed by atoms with Gasteiger partial charge in [-0.15, -0.1) is 0 Å². The lowest BCUT2D eigenvalue weighted by molar-refractivity contribution is 1.03. The maximum atomic E-state index is 4.42. The van der Waals surface area contributed by atoms with Crippen LogP contribution < -0.4 is 10.4 Å². The largest absolute Gasteiger partial charge is 0.0984 e. The van der Waals surface area contributed by atoms with Crippen LogP contribution in [0.25, 0.3) is 40.3 Å². The van der Waals surface area contributed by atoms with Crippen LogP contribution in [0.3, 0.4) is 0 Å². The molecule has 0 unspecified atom stereocenters. The summed E-state index contributed by atoms with van der Waals surface area (Å²) in [4.78, 5) is 0. The molecule has 3 aromatic carbocycles. The van der Waals surface area contributed by atoms with Gasteiger partial charge in [-0.3, -0.25) is 0 Å². The fourth-order valence-corrected chi connectivity index (χ4v) is 3.78. The smallest absolute Gasteiger partial charge is 0.00358 e. The van der Waals surface area contributed by atoms with Gasteiger partial charge >= 0.3 is 0 Å². The first-order valence-electron chi connectivity index (χ1n) is 10.5. The summed E-state index contributed by atoms with van der Waals surface area (Å²) in [6.45, 7) is 22.6. The zero-order chi connectivity index (χ0) is 20.6. The molecule has 27 heavy (non-hydrogen) atoms. The fraction of sp³-hybridized carbons (Fsp3) is 0.333. The van der Waals surface area contributed by atoms with Gasteiger partial charge in [0.1, 0.15) is 0 Å². The summed E-state index contributed by atoms with van der Waals surface area (Å²) in [5, 5.41) is 7.93. The van der Waals surface area contributed by atoms with Gasteiger partial charge in [-0.1, -0.05) is 97.2 Å². The van der Waals surface area contributed by atoms with Crippen LogP contribution in [0.4, 0.5) is 0 Å². The monoisotopic (exact) mass is 360 g/mol. The highest BCUT2D eigenvalue weighted by atomic mass is 14.2.